The van der Waals surface area contributed by atoms with Gasteiger partial charge in [-0.1, -0.05) is 13.1 Å². The van der Waals surface area contributed by atoms with Crippen molar-refractivity contribution in [2.45, 2.75) is 49.4 Å². The minimum atomic E-state index is -4.86. The van der Waals surface area contributed by atoms with Crippen LogP contribution < -0.4 is 0 Å². The van der Waals surface area contributed by atoms with Crippen molar-refractivity contribution in [3.05, 3.63) is 0 Å². The lowest BCUT2D eigenvalue weighted by Crippen LogP contribution is -2.53. The van der Waals surface area contributed by atoms with Gasteiger partial charge in [0.25, 0.3) is 10.1 Å². The van der Waals surface area contributed by atoms with Gasteiger partial charge >= 0.3 is 11.9 Å². The molecule has 1 aliphatic rings. The molecule has 0 radical (unpaired) electrons. The van der Waals surface area contributed by atoms with Crippen LogP contribution in [0.4, 0.5) is 0 Å². The summed E-state index contributed by atoms with van der Waals surface area (Å²) in [6.07, 6.45) is 0.993. The molecule has 2 N–H and O–H groups in total. The SMILES string of the molecule is C[SiH](C)C1(OC(=O)C(CC(=O)O)S(=O)(=O)O)CCCCO1. The van der Waals surface area contributed by atoms with Crippen molar-refractivity contribution in [2.75, 3.05) is 6.61 Å². The van der Waals surface area contributed by atoms with Crippen LogP contribution >= 0.6 is 0 Å². The second kappa shape index (κ2) is 6.86. The first-order valence-corrected chi connectivity index (χ1v) is 11.0. The smallest absolute Gasteiger partial charge is 0.329 e. The second-order valence-corrected chi connectivity index (χ2v) is 10.1. The van der Waals surface area contributed by atoms with E-state index in [1.807, 2.05) is 13.1 Å². The molecular weight excluding hydrogens is 320 g/mol. The van der Waals surface area contributed by atoms with Crippen LogP contribution in [0.3, 0.4) is 0 Å². The lowest BCUT2D eigenvalue weighted by Gasteiger charge is -2.39. The first-order chi connectivity index (χ1) is 9.58. The van der Waals surface area contributed by atoms with Crippen LogP contribution in [-0.4, -0.2) is 56.1 Å². The van der Waals surface area contributed by atoms with Crippen LogP contribution in [-0.2, 0) is 29.2 Å². The van der Waals surface area contributed by atoms with Gasteiger partial charge in [0.1, 0.15) is 8.80 Å². The van der Waals surface area contributed by atoms with E-state index in [0.717, 1.165) is 12.8 Å². The van der Waals surface area contributed by atoms with E-state index in [1.165, 1.54) is 0 Å². The third kappa shape index (κ3) is 4.76. The molecule has 0 bridgehead atoms. The summed E-state index contributed by atoms with van der Waals surface area (Å²) in [6, 6.07) is 0. The van der Waals surface area contributed by atoms with Crippen molar-refractivity contribution >= 4 is 30.9 Å². The van der Waals surface area contributed by atoms with Crippen molar-refractivity contribution < 1.29 is 37.1 Å². The normalized spacial score (nSPS) is 24.6. The fourth-order valence-electron chi connectivity index (χ4n) is 2.15. The summed E-state index contributed by atoms with van der Waals surface area (Å²) in [7, 11) is -6.52. The van der Waals surface area contributed by atoms with E-state index in [2.05, 4.69) is 0 Å². The van der Waals surface area contributed by atoms with E-state index in [4.69, 9.17) is 19.1 Å². The average molecular weight is 340 g/mol. The molecule has 21 heavy (non-hydrogen) atoms. The number of carboxylic acid groups (broad SMARTS) is 1. The summed E-state index contributed by atoms with van der Waals surface area (Å²) in [4.78, 5) is 22.7. The van der Waals surface area contributed by atoms with Crippen LogP contribution in [0.1, 0.15) is 25.7 Å². The van der Waals surface area contributed by atoms with Crippen LogP contribution in [0.2, 0.25) is 13.1 Å². The average Bonchev–Trinajstić information content (AvgIpc) is 2.35. The summed E-state index contributed by atoms with van der Waals surface area (Å²) in [5, 5.41) is 6.54. The van der Waals surface area contributed by atoms with E-state index in [1.54, 1.807) is 0 Å². The maximum atomic E-state index is 12.0. The topological polar surface area (TPSA) is 127 Å². The zero-order chi connectivity index (χ0) is 16.3. The number of hydrogen-bond acceptors (Lipinski definition) is 6. The minimum absolute atomic E-state index is 0.397. The highest BCUT2D eigenvalue weighted by molar-refractivity contribution is 7.87. The number of hydrogen-bond donors (Lipinski definition) is 2. The summed E-state index contributed by atoms with van der Waals surface area (Å²) in [5.41, 5.74) is -1.14. The predicted octanol–water partition coefficient (Wildman–Crippen LogP) is 0.183. The van der Waals surface area contributed by atoms with Gasteiger partial charge in [-0.25, -0.2) is 0 Å². The third-order valence-electron chi connectivity index (χ3n) is 3.40. The maximum Gasteiger partial charge on any atom is 0.329 e. The standard InChI is InChI=1S/C11H20O8SSi/c1-21(2)11(5-3-4-6-18-11)19-10(14)8(7-9(12)13)20(15,16)17/h8,21H,3-7H2,1-2H3,(H,12,13)(H,15,16,17). The van der Waals surface area contributed by atoms with Gasteiger partial charge in [0.2, 0.25) is 0 Å². The molecule has 1 saturated heterocycles. The molecule has 0 aliphatic carbocycles. The molecule has 0 aromatic rings. The second-order valence-electron chi connectivity index (χ2n) is 5.29. The first kappa shape index (κ1) is 18.1. The Balaban J connectivity index is 2.95. The van der Waals surface area contributed by atoms with Crippen LogP contribution in [0.15, 0.2) is 0 Å². The van der Waals surface area contributed by atoms with Gasteiger partial charge in [0, 0.05) is 6.42 Å². The van der Waals surface area contributed by atoms with Gasteiger partial charge in [-0.3, -0.25) is 14.1 Å². The van der Waals surface area contributed by atoms with E-state index >= 15 is 0 Å². The predicted molar refractivity (Wildman–Crippen MR) is 75.1 cm³/mol. The minimum Gasteiger partial charge on any atom is -0.481 e. The van der Waals surface area contributed by atoms with Gasteiger partial charge < -0.3 is 14.6 Å². The highest BCUT2D eigenvalue weighted by Crippen LogP contribution is 2.30. The lowest BCUT2D eigenvalue weighted by atomic mass is 10.2. The summed E-state index contributed by atoms with van der Waals surface area (Å²) in [5.74, 6) is -2.79. The Morgan fingerprint density at radius 1 is 1.38 bits per heavy atom. The van der Waals surface area contributed by atoms with E-state index in [9.17, 15) is 18.0 Å². The van der Waals surface area contributed by atoms with Gasteiger partial charge in [-0.05, 0) is 12.8 Å². The Labute approximate surface area is 124 Å². The summed E-state index contributed by atoms with van der Waals surface area (Å²) >= 11 is 0. The van der Waals surface area contributed by atoms with Crippen molar-refractivity contribution in [1.82, 2.24) is 0 Å². The molecule has 2 unspecified atom stereocenters. The van der Waals surface area contributed by atoms with Crippen molar-refractivity contribution in [2.24, 2.45) is 0 Å². The molecule has 0 aromatic heterocycles. The molecule has 8 nitrogen and oxygen atoms in total. The zero-order valence-electron chi connectivity index (χ0n) is 11.9. The van der Waals surface area contributed by atoms with Crippen molar-refractivity contribution in [3.8, 4) is 0 Å². The van der Waals surface area contributed by atoms with Crippen molar-refractivity contribution in [1.29, 1.82) is 0 Å². The van der Waals surface area contributed by atoms with Gasteiger partial charge in [0.15, 0.2) is 10.7 Å². The molecule has 1 fully saturated rings. The molecule has 122 valence electrons. The molecule has 0 aromatic carbocycles. The molecule has 0 spiro atoms. The van der Waals surface area contributed by atoms with Crippen molar-refractivity contribution in [3.63, 3.8) is 0 Å². The van der Waals surface area contributed by atoms with Gasteiger partial charge in [0.05, 0.1) is 13.0 Å². The largest absolute Gasteiger partial charge is 0.481 e. The zero-order valence-corrected chi connectivity index (χ0v) is 13.9. The fraction of sp³-hybridized carbons (Fsp3) is 0.818. The number of ether oxygens (including phenoxy) is 2. The van der Waals surface area contributed by atoms with Crippen LogP contribution in [0.25, 0.3) is 0 Å². The van der Waals surface area contributed by atoms with E-state index in [-0.39, 0.29) is 0 Å². The third-order valence-corrected chi connectivity index (χ3v) is 6.81. The number of aliphatic carboxylic acids is 1. The van der Waals surface area contributed by atoms with Crippen LogP contribution in [0, 0.1) is 0 Å². The fourth-order valence-corrected chi connectivity index (χ4v) is 4.38. The summed E-state index contributed by atoms with van der Waals surface area (Å²) in [6.45, 7) is 4.17. The van der Waals surface area contributed by atoms with E-state index in [0.29, 0.717) is 13.0 Å². The van der Waals surface area contributed by atoms with Gasteiger partial charge in [-0.15, -0.1) is 0 Å². The van der Waals surface area contributed by atoms with Crippen LogP contribution in [0.5, 0.6) is 0 Å². The lowest BCUT2D eigenvalue weighted by molar-refractivity contribution is -0.209. The maximum absolute atomic E-state index is 12.0. The Hall–Kier alpha value is -0.973. The number of carbonyl (C=O) groups is 2. The Morgan fingerprint density at radius 2 is 2.00 bits per heavy atom. The molecule has 1 rings (SSSR count). The quantitative estimate of drug-likeness (QED) is 0.398. The first-order valence-electron chi connectivity index (χ1n) is 6.63. The molecule has 0 amide bonds. The molecule has 0 saturated carbocycles. The highest BCUT2D eigenvalue weighted by Gasteiger charge is 2.45. The molecule has 1 heterocycles. The molecular formula is C11H20O8SSi. The number of carboxylic acids is 1. The number of esters is 1. The monoisotopic (exact) mass is 340 g/mol. The number of carbonyl (C=O) groups excluding carboxylic acids is 1. The van der Waals surface area contributed by atoms with Gasteiger partial charge in [-0.2, -0.15) is 8.42 Å². The molecule has 1 aliphatic heterocycles. The Kier molecular flexibility index (Phi) is 5.90. The molecule has 10 heteroatoms. The molecule has 2 atom stereocenters. The Bertz CT molecular complexity index is 494. The highest BCUT2D eigenvalue weighted by atomic mass is 32.2. The summed E-state index contributed by atoms with van der Waals surface area (Å²) < 4.78 is 42.2. The van der Waals surface area contributed by atoms with E-state index < -0.39 is 47.9 Å². The Morgan fingerprint density at radius 3 is 2.38 bits per heavy atom. The number of rotatable bonds is 6.